The predicted molar refractivity (Wildman–Crippen MR) is 115 cm³/mol. The maximum atomic E-state index is 11.1. The van der Waals surface area contributed by atoms with Gasteiger partial charge in [-0.15, -0.1) is 0 Å². The summed E-state index contributed by atoms with van der Waals surface area (Å²) in [6, 6.07) is 21.0. The van der Waals surface area contributed by atoms with Crippen molar-refractivity contribution in [2.75, 3.05) is 39.8 Å². The number of piperidine rings is 1. The van der Waals surface area contributed by atoms with Crippen molar-refractivity contribution in [3.05, 3.63) is 71.8 Å². The van der Waals surface area contributed by atoms with E-state index < -0.39 is 0 Å². The Bertz CT molecular complexity index is 676. The Morgan fingerprint density at radius 3 is 2.17 bits per heavy atom. The van der Waals surface area contributed by atoms with Gasteiger partial charge >= 0.3 is 5.97 Å². The maximum absolute atomic E-state index is 11.1. The molecule has 1 N–H and O–H groups in total. The zero-order valence-electron chi connectivity index (χ0n) is 17.3. The van der Waals surface area contributed by atoms with E-state index in [1.165, 1.54) is 18.2 Å². The number of nitrogens with one attached hydrogen (secondary N) is 1. The molecule has 0 saturated carbocycles. The number of nitrogens with zero attached hydrogens (tertiary/aromatic N) is 1. The lowest BCUT2D eigenvalue weighted by atomic mass is 10.00. The van der Waals surface area contributed by atoms with Gasteiger partial charge in [0.15, 0.2) is 0 Å². The summed E-state index contributed by atoms with van der Waals surface area (Å²) >= 11 is 0. The van der Waals surface area contributed by atoms with E-state index in [1.807, 2.05) is 12.1 Å². The monoisotopic (exact) mass is 396 g/mol. The number of esters is 1. The van der Waals surface area contributed by atoms with Gasteiger partial charge in [0, 0.05) is 13.1 Å². The fourth-order valence-electron chi connectivity index (χ4n) is 3.76. The number of hydrogen-bond acceptors (Lipinski definition) is 5. The minimum absolute atomic E-state index is 0.0172. The number of likely N-dealkylation sites (tertiary alicyclic amines) is 1. The molecular formula is C24H32N2O3. The normalized spacial score (nSPS) is 15.5. The maximum Gasteiger partial charge on any atom is 0.319 e. The summed E-state index contributed by atoms with van der Waals surface area (Å²) in [6.07, 6.45) is 3.38. The second kappa shape index (κ2) is 11.7. The van der Waals surface area contributed by atoms with Crippen LogP contribution in [0.3, 0.4) is 0 Å². The molecule has 2 aromatic rings. The summed E-state index contributed by atoms with van der Waals surface area (Å²) in [7, 11) is 1.41. The first kappa shape index (κ1) is 21.5. The van der Waals surface area contributed by atoms with Crippen LogP contribution < -0.4 is 5.32 Å². The molecule has 0 radical (unpaired) electrons. The van der Waals surface area contributed by atoms with Crippen LogP contribution >= 0.6 is 0 Å². The quantitative estimate of drug-likeness (QED) is 0.493. The lowest BCUT2D eigenvalue weighted by Crippen LogP contribution is -2.39. The predicted octanol–water partition coefficient (Wildman–Crippen LogP) is 3.41. The average molecular weight is 397 g/mol. The van der Waals surface area contributed by atoms with Crippen LogP contribution in [0.25, 0.3) is 0 Å². The third-order valence-corrected chi connectivity index (χ3v) is 5.39. The smallest absolute Gasteiger partial charge is 0.319 e. The highest BCUT2D eigenvalue weighted by atomic mass is 16.5. The van der Waals surface area contributed by atoms with Crippen LogP contribution in [-0.2, 0) is 14.3 Å². The molecule has 5 nitrogen and oxygen atoms in total. The van der Waals surface area contributed by atoms with Crippen LogP contribution in [0.4, 0.5) is 0 Å². The summed E-state index contributed by atoms with van der Waals surface area (Å²) in [5, 5.41) is 3.12. The zero-order valence-corrected chi connectivity index (χ0v) is 17.3. The van der Waals surface area contributed by atoms with Gasteiger partial charge in [-0.25, -0.2) is 0 Å². The first-order valence-electron chi connectivity index (χ1n) is 10.5. The van der Waals surface area contributed by atoms with Crippen LogP contribution in [0.5, 0.6) is 0 Å². The molecule has 1 fully saturated rings. The molecule has 1 aliphatic rings. The molecule has 5 heteroatoms. The number of methoxy groups -OCH3 is 1. The molecule has 0 bridgehead atoms. The van der Waals surface area contributed by atoms with Crippen LogP contribution in [0, 0.1) is 0 Å². The highest BCUT2D eigenvalue weighted by Gasteiger charge is 2.24. The van der Waals surface area contributed by atoms with Crippen LogP contribution in [0.15, 0.2) is 60.7 Å². The largest absolute Gasteiger partial charge is 0.468 e. The molecule has 29 heavy (non-hydrogen) atoms. The van der Waals surface area contributed by atoms with E-state index in [-0.39, 0.29) is 24.7 Å². The summed E-state index contributed by atoms with van der Waals surface area (Å²) in [6.45, 7) is 4.26. The third kappa shape index (κ3) is 6.96. The minimum atomic E-state index is -0.214. The van der Waals surface area contributed by atoms with Gasteiger partial charge in [-0.05, 0) is 43.5 Å². The molecule has 2 aromatic carbocycles. The molecule has 0 unspecified atom stereocenters. The fourth-order valence-corrected chi connectivity index (χ4v) is 3.76. The molecule has 0 aliphatic carbocycles. The van der Waals surface area contributed by atoms with Crippen molar-refractivity contribution in [2.45, 2.75) is 31.5 Å². The van der Waals surface area contributed by atoms with Gasteiger partial charge in [-0.3, -0.25) is 4.79 Å². The van der Waals surface area contributed by atoms with E-state index in [0.29, 0.717) is 0 Å². The second-order valence-corrected chi connectivity index (χ2v) is 7.48. The van der Waals surface area contributed by atoms with E-state index in [0.717, 1.165) is 45.4 Å². The Morgan fingerprint density at radius 1 is 1.03 bits per heavy atom. The van der Waals surface area contributed by atoms with E-state index in [1.54, 1.807) is 0 Å². The first-order chi connectivity index (χ1) is 14.3. The van der Waals surface area contributed by atoms with Crippen LogP contribution in [0.2, 0.25) is 0 Å². The lowest BCUT2D eigenvalue weighted by Gasteiger charge is -2.34. The van der Waals surface area contributed by atoms with Crippen molar-refractivity contribution in [2.24, 2.45) is 0 Å². The molecule has 0 atom stereocenters. The second-order valence-electron chi connectivity index (χ2n) is 7.48. The zero-order chi connectivity index (χ0) is 20.3. The highest BCUT2D eigenvalue weighted by molar-refractivity contribution is 5.71. The summed E-state index contributed by atoms with van der Waals surface area (Å²) in [4.78, 5) is 13.6. The van der Waals surface area contributed by atoms with Gasteiger partial charge < -0.3 is 19.7 Å². The Hall–Kier alpha value is -2.21. The van der Waals surface area contributed by atoms with Crippen molar-refractivity contribution < 1.29 is 14.3 Å². The van der Waals surface area contributed by atoms with Gasteiger partial charge in [0.05, 0.1) is 19.8 Å². The van der Waals surface area contributed by atoms with Crippen LogP contribution in [0.1, 0.15) is 36.5 Å². The van der Waals surface area contributed by atoms with E-state index in [2.05, 4.69) is 63.5 Å². The summed E-state index contributed by atoms with van der Waals surface area (Å²) < 4.78 is 11.2. The third-order valence-electron chi connectivity index (χ3n) is 5.39. The van der Waals surface area contributed by atoms with Crippen LogP contribution in [-0.4, -0.2) is 56.8 Å². The highest BCUT2D eigenvalue weighted by Crippen LogP contribution is 2.29. The summed E-state index contributed by atoms with van der Waals surface area (Å²) in [5.41, 5.74) is 2.41. The molecule has 156 valence electrons. The van der Waals surface area contributed by atoms with E-state index in [4.69, 9.17) is 4.74 Å². The number of carbonyl (C=O) groups is 1. The van der Waals surface area contributed by atoms with Gasteiger partial charge in [-0.1, -0.05) is 60.7 Å². The van der Waals surface area contributed by atoms with Gasteiger partial charge in [-0.2, -0.15) is 0 Å². The Labute approximate surface area is 174 Å². The molecule has 0 spiro atoms. The van der Waals surface area contributed by atoms with E-state index in [9.17, 15) is 4.79 Å². The molecule has 0 aromatic heterocycles. The molecule has 1 heterocycles. The molecular weight excluding hydrogens is 364 g/mol. The van der Waals surface area contributed by atoms with Crippen molar-refractivity contribution in [3.8, 4) is 0 Å². The topological polar surface area (TPSA) is 50.8 Å². The SMILES string of the molecule is COC(=O)CNCCCN1CCC(OC(c2ccccc2)c2ccccc2)CC1. The number of ether oxygens (including phenoxy) is 2. The van der Waals surface area contributed by atoms with Crippen molar-refractivity contribution in [3.63, 3.8) is 0 Å². The van der Waals surface area contributed by atoms with Gasteiger partial charge in [0.25, 0.3) is 0 Å². The molecule has 0 amide bonds. The Morgan fingerprint density at radius 2 is 1.62 bits per heavy atom. The van der Waals surface area contributed by atoms with Gasteiger partial charge in [0.2, 0.25) is 0 Å². The Kier molecular flexibility index (Phi) is 8.68. The standard InChI is InChI=1S/C24H32N2O3/c1-28-23(27)19-25-15-8-16-26-17-13-22(14-18-26)29-24(20-9-4-2-5-10-20)21-11-6-3-7-12-21/h2-7,9-12,22,24-25H,8,13-19H2,1H3. The van der Waals surface area contributed by atoms with Crippen molar-refractivity contribution >= 4 is 5.97 Å². The minimum Gasteiger partial charge on any atom is -0.468 e. The number of hydrogen-bond donors (Lipinski definition) is 1. The first-order valence-corrected chi connectivity index (χ1v) is 10.5. The number of benzene rings is 2. The molecule has 1 aliphatic heterocycles. The van der Waals surface area contributed by atoms with Crippen molar-refractivity contribution in [1.82, 2.24) is 10.2 Å². The molecule has 3 rings (SSSR count). The summed E-state index contributed by atoms with van der Waals surface area (Å²) in [5.74, 6) is -0.214. The molecule has 1 saturated heterocycles. The average Bonchev–Trinajstić information content (AvgIpc) is 2.79. The van der Waals surface area contributed by atoms with Gasteiger partial charge in [0.1, 0.15) is 6.10 Å². The number of carbonyl (C=O) groups excluding carboxylic acids is 1. The Balaban J connectivity index is 1.45. The fraction of sp³-hybridized carbons (Fsp3) is 0.458. The number of rotatable bonds is 10. The lowest BCUT2D eigenvalue weighted by molar-refractivity contribution is -0.139. The van der Waals surface area contributed by atoms with Crippen molar-refractivity contribution in [1.29, 1.82) is 0 Å². The van der Waals surface area contributed by atoms with E-state index >= 15 is 0 Å².